The van der Waals surface area contributed by atoms with E-state index in [9.17, 15) is 14.4 Å². The Balaban J connectivity index is 1.42. The highest BCUT2D eigenvalue weighted by molar-refractivity contribution is 5.91. The highest BCUT2D eigenvalue weighted by Crippen LogP contribution is 2.30. The molecule has 0 aromatic heterocycles. The molecule has 2 aromatic rings. The summed E-state index contributed by atoms with van der Waals surface area (Å²) in [7, 11) is 0. The van der Waals surface area contributed by atoms with Gasteiger partial charge in [-0.05, 0) is 31.2 Å². The predicted molar refractivity (Wildman–Crippen MR) is 94.1 cm³/mol. The Morgan fingerprint density at radius 3 is 2.48 bits per heavy atom. The molecule has 0 aliphatic carbocycles. The van der Waals surface area contributed by atoms with Crippen molar-refractivity contribution < 1.29 is 28.6 Å². The van der Waals surface area contributed by atoms with E-state index in [1.54, 1.807) is 48.5 Å². The minimum absolute atomic E-state index is 0.0150. The molecule has 1 atom stereocenters. The van der Waals surface area contributed by atoms with Crippen molar-refractivity contribution in [1.29, 1.82) is 0 Å². The highest BCUT2D eigenvalue weighted by atomic mass is 16.6. The van der Waals surface area contributed by atoms with E-state index in [-0.39, 0.29) is 6.61 Å². The molecule has 140 valence electrons. The molecule has 0 saturated carbocycles. The summed E-state index contributed by atoms with van der Waals surface area (Å²) in [6, 6.07) is 13.7. The number of ether oxygens (including phenoxy) is 3. The number of aryl methyl sites for hydroxylation is 1. The van der Waals surface area contributed by atoms with Crippen LogP contribution in [0.5, 0.6) is 11.5 Å². The van der Waals surface area contributed by atoms with Crippen LogP contribution < -0.4 is 20.3 Å². The van der Waals surface area contributed by atoms with Gasteiger partial charge >= 0.3 is 5.97 Å². The topological polar surface area (TPSA) is 103 Å². The molecule has 3 rings (SSSR count). The van der Waals surface area contributed by atoms with Crippen LogP contribution in [0.25, 0.3) is 0 Å². The molecule has 8 nitrogen and oxygen atoms in total. The lowest BCUT2D eigenvalue weighted by Crippen LogP contribution is -2.51. The summed E-state index contributed by atoms with van der Waals surface area (Å²) >= 11 is 0. The van der Waals surface area contributed by atoms with Gasteiger partial charge in [0, 0.05) is 0 Å². The van der Waals surface area contributed by atoms with Crippen LogP contribution in [0.4, 0.5) is 0 Å². The zero-order valence-electron chi connectivity index (χ0n) is 14.6. The zero-order valence-corrected chi connectivity index (χ0v) is 14.6. The monoisotopic (exact) mass is 370 g/mol. The van der Waals surface area contributed by atoms with Gasteiger partial charge in [-0.15, -0.1) is 0 Å². The summed E-state index contributed by atoms with van der Waals surface area (Å²) in [6.45, 7) is 1.38. The summed E-state index contributed by atoms with van der Waals surface area (Å²) in [5.41, 5.74) is 5.73. The van der Waals surface area contributed by atoms with Gasteiger partial charge in [0.1, 0.15) is 6.61 Å². The molecule has 0 bridgehead atoms. The smallest absolute Gasteiger partial charge is 0.338 e. The number of para-hydroxylation sites is 2. The number of amides is 2. The quantitative estimate of drug-likeness (QED) is 0.618. The zero-order chi connectivity index (χ0) is 19.2. The van der Waals surface area contributed by atoms with E-state index in [1.165, 1.54) is 0 Å². The second kappa shape index (κ2) is 8.22. The molecule has 0 radical (unpaired) electrons. The van der Waals surface area contributed by atoms with Gasteiger partial charge in [0.25, 0.3) is 11.8 Å². The molecule has 8 heteroatoms. The van der Waals surface area contributed by atoms with E-state index in [2.05, 4.69) is 10.9 Å². The van der Waals surface area contributed by atoms with Crippen molar-refractivity contribution in [3.05, 3.63) is 59.7 Å². The molecule has 1 heterocycles. The minimum atomic E-state index is -0.907. The molecule has 2 N–H and O–H groups in total. The van der Waals surface area contributed by atoms with E-state index in [1.807, 2.05) is 6.92 Å². The molecule has 2 amide bonds. The maximum absolute atomic E-state index is 12.1. The van der Waals surface area contributed by atoms with Gasteiger partial charge in [0.05, 0.1) is 5.56 Å². The summed E-state index contributed by atoms with van der Waals surface area (Å²) in [6.07, 6.45) is -0.907. The molecule has 27 heavy (non-hydrogen) atoms. The van der Waals surface area contributed by atoms with E-state index in [0.717, 1.165) is 5.56 Å². The largest absolute Gasteiger partial charge is 0.485 e. The molecular weight excluding hydrogens is 352 g/mol. The summed E-state index contributed by atoms with van der Waals surface area (Å²) in [5.74, 6) is -0.892. The van der Waals surface area contributed by atoms with Crippen molar-refractivity contribution >= 4 is 17.8 Å². The van der Waals surface area contributed by atoms with Gasteiger partial charge in [-0.1, -0.05) is 29.8 Å². The Morgan fingerprint density at radius 2 is 1.74 bits per heavy atom. The molecular formula is C19H18N2O6. The summed E-state index contributed by atoms with van der Waals surface area (Å²) in [4.78, 5) is 35.6. The lowest BCUT2D eigenvalue weighted by Gasteiger charge is -2.25. The minimum Gasteiger partial charge on any atom is -0.485 e. The molecule has 1 aliphatic rings. The van der Waals surface area contributed by atoms with Gasteiger partial charge in [-0.2, -0.15) is 0 Å². The highest BCUT2D eigenvalue weighted by Gasteiger charge is 2.27. The summed E-state index contributed by atoms with van der Waals surface area (Å²) < 4.78 is 15.8. The lowest BCUT2D eigenvalue weighted by molar-refractivity contribution is -0.135. The first-order valence-corrected chi connectivity index (χ1v) is 8.24. The molecule has 2 aromatic carbocycles. The molecule has 0 unspecified atom stereocenters. The first-order valence-electron chi connectivity index (χ1n) is 8.24. The van der Waals surface area contributed by atoms with Crippen LogP contribution in [0.15, 0.2) is 48.5 Å². The Hall–Kier alpha value is -3.55. The second-order valence-electron chi connectivity index (χ2n) is 5.84. The number of hydrogen-bond donors (Lipinski definition) is 2. The number of esters is 1. The van der Waals surface area contributed by atoms with Crippen LogP contribution in [0.3, 0.4) is 0 Å². The van der Waals surface area contributed by atoms with Gasteiger partial charge in [-0.25, -0.2) is 4.79 Å². The van der Waals surface area contributed by atoms with Crippen molar-refractivity contribution in [1.82, 2.24) is 10.9 Å². The number of nitrogens with one attached hydrogen (secondary N) is 2. The second-order valence-corrected chi connectivity index (χ2v) is 5.84. The van der Waals surface area contributed by atoms with Crippen molar-refractivity contribution in [3.8, 4) is 11.5 Å². The number of benzene rings is 2. The van der Waals surface area contributed by atoms with Crippen LogP contribution in [0.1, 0.15) is 15.9 Å². The third kappa shape index (κ3) is 4.75. The molecule has 1 aliphatic heterocycles. The first-order chi connectivity index (χ1) is 13.0. The van der Waals surface area contributed by atoms with E-state index < -0.39 is 30.5 Å². The Bertz CT molecular complexity index is 850. The maximum Gasteiger partial charge on any atom is 0.338 e. The van der Waals surface area contributed by atoms with E-state index >= 15 is 0 Å². The number of hydrogen-bond acceptors (Lipinski definition) is 6. The van der Waals surface area contributed by atoms with Gasteiger partial charge in [0.15, 0.2) is 18.1 Å². The van der Waals surface area contributed by atoms with Gasteiger partial charge in [0.2, 0.25) is 6.10 Å². The van der Waals surface area contributed by atoms with Gasteiger partial charge in [-0.3, -0.25) is 20.4 Å². The fraction of sp³-hybridized carbons (Fsp3) is 0.211. The van der Waals surface area contributed by atoms with Crippen LogP contribution in [-0.2, 0) is 14.3 Å². The Kier molecular flexibility index (Phi) is 5.55. The van der Waals surface area contributed by atoms with E-state index in [0.29, 0.717) is 17.1 Å². The maximum atomic E-state index is 12.1. The van der Waals surface area contributed by atoms with Crippen molar-refractivity contribution in [2.75, 3.05) is 13.2 Å². The van der Waals surface area contributed by atoms with Gasteiger partial charge < -0.3 is 14.2 Å². The normalized spacial score (nSPS) is 14.8. The molecule has 0 fully saturated rings. The van der Waals surface area contributed by atoms with Crippen molar-refractivity contribution in [2.24, 2.45) is 0 Å². The number of rotatable bonds is 4. The van der Waals surface area contributed by atoms with Crippen molar-refractivity contribution in [3.63, 3.8) is 0 Å². The lowest BCUT2D eigenvalue weighted by atomic mass is 10.1. The number of fused-ring (bicyclic) bond motifs is 1. The van der Waals surface area contributed by atoms with Crippen LogP contribution in [0.2, 0.25) is 0 Å². The number of hydrazine groups is 1. The average molecular weight is 370 g/mol. The van der Waals surface area contributed by atoms with Crippen LogP contribution in [-0.4, -0.2) is 37.1 Å². The van der Waals surface area contributed by atoms with Crippen LogP contribution in [0, 0.1) is 6.92 Å². The number of carbonyl (C=O) groups excluding carboxylic acids is 3. The van der Waals surface area contributed by atoms with E-state index in [4.69, 9.17) is 14.2 Å². The third-order valence-electron chi connectivity index (χ3n) is 3.75. The predicted octanol–water partition coefficient (Wildman–Crippen LogP) is 1.14. The van der Waals surface area contributed by atoms with Crippen molar-refractivity contribution in [2.45, 2.75) is 13.0 Å². The Morgan fingerprint density at radius 1 is 1.04 bits per heavy atom. The number of carbonyl (C=O) groups is 3. The average Bonchev–Trinajstić information content (AvgIpc) is 2.70. The standard InChI is InChI=1S/C19H18N2O6/c1-12-6-8-13(9-7-12)19(24)26-11-17(22)20-21-18(23)16-10-25-14-4-2-3-5-15(14)27-16/h2-9,16H,10-11H2,1H3,(H,20,22)(H,21,23)/t16-/m1/s1. The SMILES string of the molecule is Cc1ccc(C(=O)OCC(=O)NNC(=O)[C@H]2COc3ccccc3O2)cc1. The summed E-state index contributed by atoms with van der Waals surface area (Å²) in [5, 5.41) is 0. The van der Waals surface area contributed by atoms with Crippen LogP contribution >= 0.6 is 0 Å². The molecule has 0 saturated heterocycles. The first kappa shape index (κ1) is 18.2. The molecule has 0 spiro atoms. The Labute approximate surface area is 155 Å². The third-order valence-corrected chi connectivity index (χ3v) is 3.75. The fourth-order valence-corrected chi connectivity index (χ4v) is 2.30. The fourth-order valence-electron chi connectivity index (χ4n) is 2.30.